The first kappa shape index (κ1) is 25.1. The Morgan fingerprint density at radius 3 is 2.46 bits per heavy atom. The van der Waals surface area contributed by atoms with Gasteiger partial charge in [-0.15, -0.1) is 11.3 Å². The predicted molar refractivity (Wildman–Crippen MR) is 143 cm³/mol. The van der Waals surface area contributed by atoms with Crippen molar-refractivity contribution in [1.29, 1.82) is 0 Å². The van der Waals surface area contributed by atoms with Crippen molar-refractivity contribution in [3.8, 4) is 5.75 Å². The van der Waals surface area contributed by atoms with E-state index in [2.05, 4.69) is 24.1 Å². The largest absolute Gasteiger partial charge is 0.484 e. The summed E-state index contributed by atoms with van der Waals surface area (Å²) < 4.78 is 5.63. The third kappa shape index (κ3) is 6.35. The second-order valence-corrected chi connectivity index (χ2v) is 9.99. The number of carbonyl (C=O) groups excluding carboxylic acids is 2. The van der Waals surface area contributed by atoms with E-state index in [9.17, 15) is 9.59 Å². The van der Waals surface area contributed by atoms with Crippen molar-refractivity contribution >= 4 is 46.1 Å². The fourth-order valence-electron chi connectivity index (χ4n) is 4.02. The highest BCUT2D eigenvalue weighted by molar-refractivity contribution is 7.12. The van der Waals surface area contributed by atoms with Crippen LogP contribution in [0.5, 0.6) is 5.75 Å². The Kier molecular flexibility index (Phi) is 8.31. The van der Waals surface area contributed by atoms with Crippen LogP contribution in [0.2, 0.25) is 5.02 Å². The van der Waals surface area contributed by atoms with Crippen LogP contribution in [0.3, 0.4) is 0 Å². The van der Waals surface area contributed by atoms with Gasteiger partial charge in [0, 0.05) is 31.9 Å². The van der Waals surface area contributed by atoms with Gasteiger partial charge in [-0.05, 0) is 59.7 Å². The normalized spacial score (nSPS) is 14.5. The highest BCUT2D eigenvalue weighted by atomic mass is 35.5. The summed E-state index contributed by atoms with van der Waals surface area (Å²) in [6, 6.07) is 17.1. The van der Waals surface area contributed by atoms with Crippen molar-refractivity contribution in [2.24, 2.45) is 0 Å². The molecule has 0 spiro atoms. The number of ether oxygens (including phenoxy) is 1. The first-order chi connectivity index (χ1) is 16.9. The lowest BCUT2D eigenvalue weighted by atomic mass is 9.99. The van der Waals surface area contributed by atoms with E-state index < -0.39 is 0 Å². The van der Waals surface area contributed by atoms with Gasteiger partial charge in [0.2, 0.25) is 0 Å². The van der Waals surface area contributed by atoms with E-state index in [4.69, 9.17) is 16.3 Å². The molecule has 0 bridgehead atoms. The summed E-state index contributed by atoms with van der Waals surface area (Å²) in [6.07, 6.45) is 1.08. The molecule has 4 rings (SSSR count). The summed E-state index contributed by atoms with van der Waals surface area (Å²) in [7, 11) is 0. The highest BCUT2D eigenvalue weighted by Gasteiger charge is 2.24. The third-order valence-corrected chi connectivity index (χ3v) is 7.46. The Morgan fingerprint density at radius 1 is 1.09 bits per heavy atom. The van der Waals surface area contributed by atoms with Gasteiger partial charge in [0.05, 0.1) is 15.6 Å². The number of nitrogens with one attached hydrogen (secondary N) is 1. The van der Waals surface area contributed by atoms with Gasteiger partial charge in [-0.25, -0.2) is 0 Å². The molecule has 2 aromatic carbocycles. The molecule has 0 radical (unpaired) electrons. The molecule has 1 aromatic heterocycles. The summed E-state index contributed by atoms with van der Waals surface area (Å²) in [5.41, 5.74) is 2.77. The first-order valence-electron chi connectivity index (χ1n) is 11.8. The SMILES string of the molecule is CC[C@H](C)c1ccc(OCC(=O)Nc2ccc(N3CCN(C(=O)c4cccs4)CC3)c(Cl)c2)cc1. The molecule has 1 fully saturated rings. The van der Waals surface area contributed by atoms with Gasteiger partial charge in [0.25, 0.3) is 11.8 Å². The molecule has 0 saturated carbocycles. The fraction of sp³-hybridized carbons (Fsp3) is 0.333. The lowest BCUT2D eigenvalue weighted by Crippen LogP contribution is -2.48. The number of hydrogen-bond acceptors (Lipinski definition) is 5. The molecule has 35 heavy (non-hydrogen) atoms. The van der Waals surface area contributed by atoms with E-state index >= 15 is 0 Å². The molecule has 8 heteroatoms. The number of benzene rings is 2. The fourth-order valence-corrected chi connectivity index (χ4v) is 5.01. The summed E-state index contributed by atoms with van der Waals surface area (Å²) in [6.45, 7) is 6.95. The molecule has 0 aliphatic carbocycles. The van der Waals surface area contributed by atoms with Crippen LogP contribution in [0.1, 0.15) is 41.4 Å². The van der Waals surface area contributed by atoms with Crippen LogP contribution in [-0.4, -0.2) is 49.5 Å². The van der Waals surface area contributed by atoms with Crippen LogP contribution in [0.4, 0.5) is 11.4 Å². The quantitative estimate of drug-likeness (QED) is 0.409. The number of thiophene rings is 1. The smallest absolute Gasteiger partial charge is 0.264 e. The van der Waals surface area contributed by atoms with Gasteiger partial charge >= 0.3 is 0 Å². The van der Waals surface area contributed by atoms with E-state index in [-0.39, 0.29) is 18.4 Å². The number of hydrogen-bond donors (Lipinski definition) is 1. The van der Waals surface area contributed by atoms with E-state index in [1.54, 1.807) is 6.07 Å². The Morgan fingerprint density at radius 2 is 1.83 bits per heavy atom. The zero-order chi connectivity index (χ0) is 24.8. The maximum atomic E-state index is 12.6. The highest BCUT2D eigenvalue weighted by Crippen LogP contribution is 2.30. The number of piperazine rings is 1. The topological polar surface area (TPSA) is 61.9 Å². The minimum Gasteiger partial charge on any atom is -0.484 e. The van der Waals surface area contributed by atoms with Gasteiger partial charge in [0.1, 0.15) is 5.75 Å². The Hall–Kier alpha value is -3.03. The number of halogens is 1. The molecule has 2 heterocycles. The monoisotopic (exact) mass is 511 g/mol. The summed E-state index contributed by atoms with van der Waals surface area (Å²) in [5.74, 6) is 0.993. The number of anilines is 2. The average Bonchev–Trinajstić information content (AvgIpc) is 3.42. The van der Waals surface area contributed by atoms with Crippen LogP contribution < -0.4 is 15.0 Å². The van der Waals surface area contributed by atoms with Crippen molar-refractivity contribution in [2.45, 2.75) is 26.2 Å². The average molecular weight is 512 g/mol. The molecule has 0 unspecified atom stereocenters. The van der Waals surface area contributed by atoms with Crippen molar-refractivity contribution < 1.29 is 14.3 Å². The summed E-state index contributed by atoms with van der Waals surface area (Å²) in [5, 5.41) is 5.32. The maximum Gasteiger partial charge on any atom is 0.264 e. The zero-order valence-corrected chi connectivity index (χ0v) is 21.6. The van der Waals surface area contributed by atoms with Gasteiger partial charge < -0.3 is 19.9 Å². The maximum absolute atomic E-state index is 12.6. The lowest BCUT2D eigenvalue weighted by Gasteiger charge is -2.36. The van der Waals surface area contributed by atoms with Crippen molar-refractivity contribution in [3.63, 3.8) is 0 Å². The molecule has 3 aromatic rings. The molecular formula is C27H30ClN3O3S. The van der Waals surface area contributed by atoms with E-state index in [0.29, 0.717) is 48.6 Å². The Labute approximate surface area is 215 Å². The van der Waals surface area contributed by atoms with Crippen LogP contribution in [0.15, 0.2) is 60.0 Å². The minimum atomic E-state index is -0.250. The second kappa shape index (κ2) is 11.6. The molecule has 1 aliphatic rings. The molecule has 2 amide bonds. The third-order valence-electron chi connectivity index (χ3n) is 6.30. The van der Waals surface area contributed by atoms with Crippen molar-refractivity contribution in [1.82, 2.24) is 4.90 Å². The van der Waals surface area contributed by atoms with E-state index in [0.717, 1.165) is 17.0 Å². The van der Waals surface area contributed by atoms with Crippen molar-refractivity contribution in [3.05, 3.63) is 75.4 Å². The molecule has 1 atom stereocenters. The van der Waals surface area contributed by atoms with Crippen LogP contribution in [0.25, 0.3) is 0 Å². The zero-order valence-electron chi connectivity index (χ0n) is 20.0. The number of nitrogens with zero attached hydrogens (tertiary/aromatic N) is 2. The molecular weight excluding hydrogens is 482 g/mol. The first-order valence-corrected chi connectivity index (χ1v) is 13.1. The lowest BCUT2D eigenvalue weighted by molar-refractivity contribution is -0.118. The van der Waals surface area contributed by atoms with Crippen LogP contribution in [0, 0.1) is 0 Å². The number of amides is 2. The van der Waals surface area contributed by atoms with Crippen LogP contribution in [-0.2, 0) is 4.79 Å². The van der Waals surface area contributed by atoms with Gasteiger partial charge in [-0.2, -0.15) is 0 Å². The van der Waals surface area contributed by atoms with Gasteiger partial charge in [-0.3, -0.25) is 9.59 Å². The molecule has 6 nitrogen and oxygen atoms in total. The Bertz CT molecular complexity index is 1140. The molecule has 1 aliphatic heterocycles. The second-order valence-electron chi connectivity index (χ2n) is 8.64. The Balaban J connectivity index is 1.27. The van der Waals surface area contributed by atoms with Gasteiger partial charge in [-0.1, -0.05) is 43.6 Å². The molecule has 184 valence electrons. The predicted octanol–water partition coefficient (Wildman–Crippen LogP) is 5.89. The summed E-state index contributed by atoms with van der Waals surface area (Å²) >= 11 is 8.01. The van der Waals surface area contributed by atoms with E-state index in [1.807, 2.05) is 58.8 Å². The van der Waals surface area contributed by atoms with E-state index in [1.165, 1.54) is 16.9 Å². The number of rotatable bonds is 8. The molecule has 1 saturated heterocycles. The standard InChI is InChI=1S/C27H30ClN3O3S/c1-3-19(2)20-6-9-22(10-7-20)34-18-26(32)29-21-8-11-24(23(28)17-21)30-12-14-31(15-13-30)27(33)25-5-4-16-35-25/h4-11,16-17,19H,3,12-15,18H2,1-2H3,(H,29,32)/t19-/m0/s1. The summed E-state index contributed by atoms with van der Waals surface area (Å²) in [4.78, 5) is 29.7. The van der Waals surface area contributed by atoms with Crippen LogP contribution >= 0.6 is 22.9 Å². The molecule has 1 N–H and O–H groups in total. The van der Waals surface area contributed by atoms with Crippen molar-refractivity contribution in [2.75, 3.05) is 43.0 Å². The number of carbonyl (C=O) groups is 2. The minimum absolute atomic E-state index is 0.0810. The van der Waals surface area contributed by atoms with Gasteiger partial charge in [0.15, 0.2) is 6.61 Å².